The van der Waals surface area contributed by atoms with Crippen molar-refractivity contribution < 1.29 is 9.59 Å². The van der Waals surface area contributed by atoms with Crippen molar-refractivity contribution in [2.24, 2.45) is 0 Å². The zero-order valence-corrected chi connectivity index (χ0v) is 13.3. The van der Waals surface area contributed by atoms with Gasteiger partial charge in [0.05, 0.1) is 6.04 Å². The van der Waals surface area contributed by atoms with Gasteiger partial charge in [0.15, 0.2) is 0 Å². The van der Waals surface area contributed by atoms with Crippen molar-refractivity contribution >= 4 is 23.7 Å². The summed E-state index contributed by atoms with van der Waals surface area (Å²) in [5.74, 6) is -0.411. The van der Waals surface area contributed by atoms with Crippen LogP contribution in [0.3, 0.4) is 0 Å². The predicted octanol–water partition coefficient (Wildman–Crippen LogP) is 1.30. The highest BCUT2D eigenvalue weighted by atomic mass is 32.2. The SMILES string of the molecule is CNC(=O)NC(=O)[C@@H](Sc1nnnn1C1CC1)c1ccccc1. The lowest BCUT2D eigenvalue weighted by Crippen LogP contribution is -2.39. The molecule has 120 valence electrons. The number of nitrogens with one attached hydrogen (secondary N) is 2. The van der Waals surface area contributed by atoms with Gasteiger partial charge >= 0.3 is 6.03 Å². The monoisotopic (exact) mass is 332 g/mol. The number of rotatable bonds is 5. The molecule has 0 aliphatic heterocycles. The number of hydrogen-bond acceptors (Lipinski definition) is 6. The van der Waals surface area contributed by atoms with Crippen molar-refractivity contribution in [1.82, 2.24) is 30.8 Å². The Bertz CT molecular complexity index is 700. The molecule has 2 N–H and O–H groups in total. The van der Waals surface area contributed by atoms with Crippen molar-refractivity contribution in [3.8, 4) is 0 Å². The third-order valence-corrected chi connectivity index (χ3v) is 4.58. The van der Waals surface area contributed by atoms with E-state index in [9.17, 15) is 9.59 Å². The summed E-state index contributed by atoms with van der Waals surface area (Å²) in [5, 5.41) is 16.3. The summed E-state index contributed by atoms with van der Waals surface area (Å²) in [5.41, 5.74) is 0.782. The summed E-state index contributed by atoms with van der Waals surface area (Å²) < 4.78 is 1.74. The summed E-state index contributed by atoms with van der Waals surface area (Å²) in [6, 6.07) is 9.01. The highest BCUT2D eigenvalue weighted by molar-refractivity contribution is 8.00. The first-order valence-electron chi connectivity index (χ1n) is 7.21. The molecule has 9 heteroatoms. The van der Waals surface area contributed by atoms with E-state index in [2.05, 4.69) is 26.2 Å². The Morgan fingerprint density at radius 2 is 2.04 bits per heavy atom. The van der Waals surface area contributed by atoms with Gasteiger partial charge in [-0.15, -0.1) is 5.10 Å². The molecule has 3 amide bonds. The molecule has 23 heavy (non-hydrogen) atoms. The molecule has 0 unspecified atom stereocenters. The van der Waals surface area contributed by atoms with Gasteiger partial charge in [-0.05, 0) is 28.8 Å². The van der Waals surface area contributed by atoms with Crippen LogP contribution in [-0.2, 0) is 4.79 Å². The lowest BCUT2D eigenvalue weighted by Gasteiger charge is -2.15. The van der Waals surface area contributed by atoms with Gasteiger partial charge in [-0.25, -0.2) is 9.48 Å². The first kappa shape index (κ1) is 15.5. The number of carbonyl (C=O) groups excluding carboxylic acids is 2. The van der Waals surface area contributed by atoms with Crippen LogP contribution in [0, 0.1) is 0 Å². The molecule has 1 heterocycles. The molecule has 1 atom stereocenters. The van der Waals surface area contributed by atoms with E-state index in [1.807, 2.05) is 30.3 Å². The Morgan fingerprint density at radius 1 is 1.30 bits per heavy atom. The molecule has 1 fully saturated rings. The highest BCUT2D eigenvalue weighted by Gasteiger charge is 2.31. The molecule has 0 bridgehead atoms. The number of benzene rings is 1. The highest BCUT2D eigenvalue weighted by Crippen LogP contribution is 2.40. The third kappa shape index (κ3) is 3.67. The Labute approximate surface area is 137 Å². The van der Waals surface area contributed by atoms with Crippen molar-refractivity contribution in [2.75, 3.05) is 7.05 Å². The van der Waals surface area contributed by atoms with Crippen LogP contribution in [0.2, 0.25) is 0 Å². The van der Waals surface area contributed by atoms with Crippen LogP contribution in [0.5, 0.6) is 0 Å². The lowest BCUT2D eigenvalue weighted by atomic mass is 10.1. The number of aromatic nitrogens is 4. The fourth-order valence-corrected chi connectivity index (χ4v) is 3.10. The van der Waals surface area contributed by atoms with Crippen molar-refractivity contribution in [3.05, 3.63) is 35.9 Å². The normalized spacial score (nSPS) is 15.0. The van der Waals surface area contributed by atoms with E-state index in [1.165, 1.54) is 18.8 Å². The van der Waals surface area contributed by atoms with Gasteiger partial charge in [-0.3, -0.25) is 10.1 Å². The average molecular weight is 332 g/mol. The summed E-state index contributed by atoms with van der Waals surface area (Å²) in [4.78, 5) is 23.9. The maximum atomic E-state index is 12.5. The van der Waals surface area contributed by atoms with E-state index in [1.54, 1.807) is 4.68 Å². The van der Waals surface area contributed by atoms with Crippen LogP contribution in [0.4, 0.5) is 4.79 Å². The molecule has 1 saturated carbocycles. The maximum absolute atomic E-state index is 12.5. The molecular weight excluding hydrogens is 316 g/mol. The minimum Gasteiger partial charge on any atom is -0.341 e. The fourth-order valence-electron chi connectivity index (χ4n) is 2.06. The van der Waals surface area contributed by atoms with Crippen LogP contribution in [0.15, 0.2) is 35.5 Å². The number of thioether (sulfide) groups is 1. The van der Waals surface area contributed by atoms with Crippen molar-refractivity contribution in [3.63, 3.8) is 0 Å². The molecule has 1 aromatic carbocycles. The second-order valence-electron chi connectivity index (χ2n) is 5.11. The topological polar surface area (TPSA) is 102 Å². The molecule has 1 aromatic heterocycles. The average Bonchev–Trinajstić information content (AvgIpc) is 3.31. The Balaban J connectivity index is 1.84. The lowest BCUT2D eigenvalue weighted by molar-refractivity contribution is -0.119. The number of urea groups is 1. The molecule has 1 aliphatic carbocycles. The predicted molar refractivity (Wildman–Crippen MR) is 83.7 cm³/mol. The van der Waals surface area contributed by atoms with E-state index in [0.717, 1.165) is 18.4 Å². The molecule has 8 nitrogen and oxygen atoms in total. The second kappa shape index (κ2) is 6.78. The largest absolute Gasteiger partial charge is 0.341 e. The molecule has 0 radical (unpaired) electrons. The van der Waals surface area contributed by atoms with E-state index >= 15 is 0 Å². The number of imide groups is 1. The van der Waals surface area contributed by atoms with E-state index < -0.39 is 17.2 Å². The third-order valence-electron chi connectivity index (χ3n) is 3.38. The van der Waals surface area contributed by atoms with Crippen LogP contribution in [0.25, 0.3) is 0 Å². The second-order valence-corrected chi connectivity index (χ2v) is 6.19. The first-order chi connectivity index (χ1) is 11.2. The first-order valence-corrected chi connectivity index (χ1v) is 8.09. The van der Waals surface area contributed by atoms with Gasteiger partial charge in [-0.2, -0.15) is 0 Å². The van der Waals surface area contributed by atoms with Crippen LogP contribution in [0.1, 0.15) is 29.7 Å². The summed E-state index contributed by atoms with van der Waals surface area (Å²) in [6.45, 7) is 0. The quantitative estimate of drug-likeness (QED) is 0.800. The van der Waals surface area contributed by atoms with Gasteiger partial charge in [0, 0.05) is 7.05 Å². The summed E-state index contributed by atoms with van der Waals surface area (Å²) in [6.07, 6.45) is 2.08. The minimum absolute atomic E-state index is 0.311. The standard InChI is InChI=1S/C14H16N6O2S/c1-15-13(22)16-12(21)11(9-5-3-2-4-6-9)23-14-17-18-19-20(14)10-7-8-10/h2-6,10-11H,7-8H2,1H3,(H2,15,16,21,22)/t11-/m0/s1. The maximum Gasteiger partial charge on any atom is 0.321 e. The molecule has 1 aliphatic rings. The Kier molecular flexibility index (Phi) is 4.56. The number of tetrazole rings is 1. The van der Waals surface area contributed by atoms with Crippen LogP contribution in [-0.4, -0.2) is 39.2 Å². The van der Waals surface area contributed by atoms with Gasteiger partial charge < -0.3 is 5.32 Å². The minimum atomic E-state index is -0.614. The Morgan fingerprint density at radius 3 is 2.70 bits per heavy atom. The van der Waals surface area contributed by atoms with E-state index in [0.29, 0.717) is 11.2 Å². The molecule has 0 spiro atoms. The smallest absolute Gasteiger partial charge is 0.321 e. The molecule has 3 rings (SSSR count). The van der Waals surface area contributed by atoms with Crippen molar-refractivity contribution in [2.45, 2.75) is 29.3 Å². The van der Waals surface area contributed by atoms with Gasteiger partial charge in [0.2, 0.25) is 11.1 Å². The zero-order chi connectivity index (χ0) is 16.2. The van der Waals surface area contributed by atoms with Crippen LogP contribution >= 0.6 is 11.8 Å². The molecular formula is C14H16N6O2S. The number of carbonyl (C=O) groups is 2. The van der Waals surface area contributed by atoms with E-state index in [4.69, 9.17) is 0 Å². The zero-order valence-electron chi connectivity index (χ0n) is 12.5. The fraction of sp³-hybridized carbons (Fsp3) is 0.357. The number of amides is 3. The molecule has 0 saturated heterocycles. The van der Waals surface area contributed by atoms with Crippen LogP contribution < -0.4 is 10.6 Å². The van der Waals surface area contributed by atoms with E-state index in [-0.39, 0.29) is 0 Å². The Hall–Kier alpha value is -2.42. The molecule has 2 aromatic rings. The van der Waals surface area contributed by atoms with Gasteiger partial charge in [0.1, 0.15) is 5.25 Å². The van der Waals surface area contributed by atoms with Crippen molar-refractivity contribution in [1.29, 1.82) is 0 Å². The summed E-state index contributed by atoms with van der Waals surface area (Å²) in [7, 11) is 1.46. The summed E-state index contributed by atoms with van der Waals surface area (Å²) >= 11 is 1.24. The van der Waals surface area contributed by atoms with Gasteiger partial charge in [-0.1, -0.05) is 42.1 Å². The number of nitrogens with zero attached hydrogens (tertiary/aromatic N) is 4. The number of hydrogen-bond donors (Lipinski definition) is 2. The van der Waals surface area contributed by atoms with Gasteiger partial charge in [0.25, 0.3) is 0 Å².